The van der Waals surface area contributed by atoms with Gasteiger partial charge in [0.15, 0.2) is 6.10 Å². The van der Waals surface area contributed by atoms with E-state index < -0.39 is 23.6 Å². The molecular formula is C22H27NO5. The molecule has 2 aromatic rings. The van der Waals surface area contributed by atoms with Crippen molar-refractivity contribution in [2.75, 3.05) is 26.9 Å². The minimum absolute atomic E-state index is 0.285. The lowest BCUT2D eigenvalue weighted by Gasteiger charge is -2.33. The van der Waals surface area contributed by atoms with Gasteiger partial charge in [-0.2, -0.15) is 0 Å². The van der Waals surface area contributed by atoms with Gasteiger partial charge in [-0.15, -0.1) is 0 Å². The second-order valence-corrected chi connectivity index (χ2v) is 6.18. The summed E-state index contributed by atoms with van der Waals surface area (Å²) in [7, 11) is 1.55. The Morgan fingerprint density at radius 1 is 1.00 bits per heavy atom. The van der Waals surface area contributed by atoms with Gasteiger partial charge in [-0.1, -0.05) is 60.7 Å². The van der Waals surface area contributed by atoms with Gasteiger partial charge in [0.1, 0.15) is 0 Å². The number of hydrogen-bond acceptors (Lipinski definition) is 5. The maximum Gasteiger partial charge on any atom is 0.348 e. The topological polar surface area (TPSA) is 73.9 Å². The van der Waals surface area contributed by atoms with Crippen LogP contribution in [0.15, 0.2) is 60.7 Å². The lowest BCUT2D eigenvalue weighted by Crippen LogP contribution is -2.45. The summed E-state index contributed by atoms with van der Waals surface area (Å²) in [4.78, 5) is 25.6. The van der Waals surface area contributed by atoms with Crippen molar-refractivity contribution in [1.29, 1.82) is 0 Å². The molecule has 0 fully saturated rings. The van der Waals surface area contributed by atoms with Gasteiger partial charge in [-0.25, -0.2) is 4.79 Å². The van der Waals surface area contributed by atoms with Gasteiger partial charge < -0.3 is 19.5 Å². The van der Waals surface area contributed by atoms with E-state index in [-0.39, 0.29) is 6.61 Å². The van der Waals surface area contributed by atoms with Crippen molar-refractivity contribution in [2.45, 2.75) is 25.6 Å². The lowest BCUT2D eigenvalue weighted by molar-refractivity contribution is -0.175. The molecule has 0 aromatic heterocycles. The van der Waals surface area contributed by atoms with Crippen molar-refractivity contribution in [3.63, 3.8) is 0 Å². The fraction of sp³-hybridized carbons (Fsp3) is 0.364. The fourth-order valence-electron chi connectivity index (χ4n) is 2.91. The van der Waals surface area contributed by atoms with Gasteiger partial charge in [0.25, 0.3) is 5.91 Å². The minimum atomic E-state index is -1.46. The SMILES string of the molecule is CCOC(C(=O)O[C@@H](C)C(=O)NCCOC)(c1ccccc1)c1ccccc1. The number of esters is 1. The first-order valence-corrected chi connectivity index (χ1v) is 9.29. The Labute approximate surface area is 165 Å². The van der Waals surface area contributed by atoms with Crippen molar-refractivity contribution < 1.29 is 23.8 Å². The molecular weight excluding hydrogens is 358 g/mol. The van der Waals surface area contributed by atoms with Gasteiger partial charge in [0.2, 0.25) is 5.60 Å². The van der Waals surface area contributed by atoms with E-state index in [9.17, 15) is 9.59 Å². The van der Waals surface area contributed by atoms with E-state index in [2.05, 4.69) is 5.32 Å². The molecule has 0 spiro atoms. The van der Waals surface area contributed by atoms with Crippen LogP contribution < -0.4 is 5.32 Å². The van der Waals surface area contributed by atoms with Crippen molar-refractivity contribution in [3.8, 4) is 0 Å². The highest BCUT2D eigenvalue weighted by molar-refractivity contribution is 5.89. The van der Waals surface area contributed by atoms with Crippen LogP contribution in [0.1, 0.15) is 25.0 Å². The van der Waals surface area contributed by atoms with Crippen molar-refractivity contribution in [2.24, 2.45) is 0 Å². The molecule has 6 heteroatoms. The van der Waals surface area contributed by atoms with E-state index >= 15 is 0 Å². The number of nitrogens with one attached hydrogen (secondary N) is 1. The van der Waals surface area contributed by atoms with Crippen LogP contribution in [0.5, 0.6) is 0 Å². The molecule has 0 radical (unpaired) electrons. The average Bonchev–Trinajstić information content (AvgIpc) is 2.73. The Bertz CT molecular complexity index is 709. The third-order valence-electron chi connectivity index (χ3n) is 4.27. The molecule has 2 aromatic carbocycles. The number of rotatable bonds is 10. The van der Waals surface area contributed by atoms with Crippen molar-refractivity contribution in [1.82, 2.24) is 5.32 Å². The Hall–Kier alpha value is -2.70. The first-order valence-electron chi connectivity index (χ1n) is 9.29. The van der Waals surface area contributed by atoms with Gasteiger partial charge in [-0.3, -0.25) is 4.79 Å². The molecule has 0 aliphatic heterocycles. The Balaban J connectivity index is 2.36. The number of carbonyl (C=O) groups excluding carboxylic acids is 2. The minimum Gasteiger partial charge on any atom is -0.450 e. The third-order valence-corrected chi connectivity index (χ3v) is 4.27. The summed E-state index contributed by atoms with van der Waals surface area (Å²) in [5.74, 6) is -1.03. The van der Waals surface area contributed by atoms with E-state index in [1.165, 1.54) is 6.92 Å². The molecule has 28 heavy (non-hydrogen) atoms. The monoisotopic (exact) mass is 385 g/mol. The summed E-state index contributed by atoms with van der Waals surface area (Å²) in [6.45, 7) is 4.35. The number of methoxy groups -OCH3 is 1. The Kier molecular flexibility index (Phi) is 8.17. The second-order valence-electron chi connectivity index (χ2n) is 6.18. The van der Waals surface area contributed by atoms with Crippen molar-refractivity contribution >= 4 is 11.9 Å². The zero-order valence-electron chi connectivity index (χ0n) is 16.5. The molecule has 1 atom stereocenters. The van der Waals surface area contributed by atoms with Crippen LogP contribution in [0.4, 0.5) is 0 Å². The number of hydrogen-bond donors (Lipinski definition) is 1. The normalized spacial score (nSPS) is 12.2. The van der Waals surface area contributed by atoms with Gasteiger partial charge in [-0.05, 0) is 25.0 Å². The largest absolute Gasteiger partial charge is 0.450 e. The predicted molar refractivity (Wildman–Crippen MR) is 106 cm³/mol. The first kappa shape index (κ1) is 21.6. The molecule has 0 saturated heterocycles. The molecule has 6 nitrogen and oxygen atoms in total. The summed E-state index contributed by atoms with van der Waals surface area (Å²) >= 11 is 0. The highest BCUT2D eigenvalue weighted by atomic mass is 16.6. The maximum absolute atomic E-state index is 13.3. The van der Waals surface area contributed by atoms with E-state index in [0.29, 0.717) is 24.3 Å². The fourth-order valence-corrected chi connectivity index (χ4v) is 2.91. The van der Waals surface area contributed by atoms with Crippen LogP contribution in [0.3, 0.4) is 0 Å². The molecule has 2 rings (SSSR count). The lowest BCUT2D eigenvalue weighted by atomic mass is 9.86. The first-order chi connectivity index (χ1) is 13.6. The summed E-state index contributed by atoms with van der Waals surface area (Å²) in [6.07, 6.45) is -0.975. The van der Waals surface area contributed by atoms with E-state index in [1.54, 1.807) is 7.11 Å². The van der Waals surface area contributed by atoms with E-state index in [1.807, 2.05) is 67.6 Å². The zero-order chi connectivity index (χ0) is 20.4. The van der Waals surface area contributed by atoms with Crippen LogP contribution in [0.25, 0.3) is 0 Å². The molecule has 0 bridgehead atoms. The predicted octanol–water partition coefficient (Wildman–Crippen LogP) is 2.66. The third kappa shape index (κ3) is 4.97. The summed E-state index contributed by atoms with van der Waals surface area (Å²) in [6, 6.07) is 18.3. The van der Waals surface area contributed by atoms with Gasteiger partial charge in [0, 0.05) is 20.3 Å². The molecule has 150 valence electrons. The molecule has 1 N–H and O–H groups in total. The smallest absolute Gasteiger partial charge is 0.348 e. The molecule has 0 aliphatic carbocycles. The van der Waals surface area contributed by atoms with Crippen molar-refractivity contribution in [3.05, 3.63) is 71.8 Å². The molecule has 0 heterocycles. The van der Waals surface area contributed by atoms with Gasteiger partial charge >= 0.3 is 5.97 Å². The van der Waals surface area contributed by atoms with Gasteiger partial charge in [0.05, 0.1) is 6.61 Å². The van der Waals surface area contributed by atoms with Crippen LogP contribution in [0, 0.1) is 0 Å². The van der Waals surface area contributed by atoms with Crippen LogP contribution in [-0.2, 0) is 29.4 Å². The Morgan fingerprint density at radius 3 is 2.00 bits per heavy atom. The summed E-state index contributed by atoms with van der Waals surface area (Å²) in [5.41, 5.74) is -0.182. The summed E-state index contributed by atoms with van der Waals surface area (Å²) < 4.78 is 16.5. The highest BCUT2D eigenvalue weighted by Gasteiger charge is 2.45. The highest BCUT2D eigenvalue weighted by Crippen LogP contribution is 2.35. The molecule has 0 unspecified atom stereocenters. The van der Waals surface area contributed by atoms with Crippen LogP contribution in [-0.4, -0.2) is 44.8 Å². The van der Waals surface area contributed by atoms with E-state index in [4.69, 9.17) is 14.2 Å². The van der Waals surface area contributed by atoms with Crippen LogP contribution in [0.2, 0.25) is 0 Å². The van der Waals surface area contributed by atoms with Crippen LogP contribution >= 0.6 is 0 Å². The standard InChI is InChI=1S/C22H27NO5/c1-4-27-22(18-11-7-5-8-12-18,19-13-9-6-10-14-19)21(25)28-17(2)20(24)23-15-16-26-3/h5-14,17H,4,15-16H2,1-3H3,(H,23,24)/t17-/m0/s1. The zero-order valence-corrected chi connectivity index (χ0v) is 16.5. The average molecular weight is 385 g/mol. The van der Waals surface area contributed by atoms with E-state index in [0.717, 1.165) is 0 Å². The second kappa shape index (κ2) is 10.6. The quantitative estimate of drug-likeness (QED) is 0.503. The number of carbonyl (C=O) groups is 2. The number of amides is 1. The number of benzene rings is 2. The molecule has 0 aliphatic rings. The molecule has 0 saturated carbocycles. The number of ether oxygens (including phenoxy) is 3. The Morgan fingerprint density at radius 2 is 1.54 bits per heavy atom. The molecule has 1 amide bonds. The summed E-state index contributed by atoms with van der Waals surface area (Å²) in [5, 5.41) is 2.67. The maximum atomic E-state index is 13.3.